The zero-order valence-corrected chi connectivity index (χ0v) is 17.7. The molecule has 1 fully saturated rings. The third kappa shape index (κ3) is 4.96. The summed E-state index contributed by atoms with van der Waals surface area (Å²) >= 11 is 5.99. The Morgan fingerprint density at radius 2 is 1.57 bits per heavy atom. The third-order valence-electron chi connectivity index (χ3n) is 5.80. The first kappa shape index (κ1) is 20.7. The van der Waals surface area contributed by atoms with Gasteiger partial charge in [-0.05, 0) is 54.7 Å². The number of hydrogen-bond acceptors (Lipinski definition) is 4. The summed E-state index contributed by atoms with van der Waals surface area (Å²) in [5, 5.41) is 11.8. The van der Waals surface area contributed by atoms with Gasteiger partial charge in [0.25, 0.3) is 0 Å². The summed E-state index contributed by atoms with van der Waals surface area (Å²) in [6.45, 7) is 2.71. The summed E-state index contributed by atoms with van der Waals surface area (Å²) in [7, 11) is 0. The van der Waals surface area contributed by atoms with E-state index >= 15 is 0 Å². The maximum Gasteiger partial charge on any atom is 0.0920 e. The fourth-order valence-corrected chi connectivity index (χ4v) is 4.16. The number of halogens is 1. The number of nitrogens with zero attached hydrogens (tertiary/aromatic N) is 3. The number of piperidine rings is 1. The molecule has 0 amide bonds. The predicted molar refractivity (Wildman–Crippen MR) is 121 cm³/mol. The molecular weight excluding hydrogens is 394 g/mol. The number of benzene rings is 1. The fraction of sp³-hybridized carbons (Fsp3) is 0.280. The minimum atomic E-state index is -0.756. The third-order valence-corrected chi connectivity index (χ3v) is 6.06. The zero-order chi connectivity index (χ0) is 20.8. The van der Waals surface area contributed by atoms with Crippen molar-refractivity contribution in [1.82, 2.24) is 14.9 Å². The average Bonchev–Trinajstić information content (AvgIpc) is 2.79. The van der Waals surface area contributed by atoms with Crippen LogP contribution in [0.15, 0.2) is 79.4 Å². The van der Waals surface area contributed by atoms with Crippen molar-refractivity contribution in [2.24, 2.45) is 0 Å². The van der Waals surface area contributed by atoms with Gasteiger partial charge < -0.3 is 10.0 Å². The van der Waals surface area contributed by atoms with Crippen LogP contribution < -0.4 is 0 Å². The second-order valence-corrected chi connectivity index (χ2v) is 8.21. The molecule has 3 aromatic rings. The maximum atomic E-state index is 11.1. The molecule has 4 nitrogen and oxygen atoms in total. The van der Waals surface area contributed by atoms with E-state index in [4.69, 9.17) is 11.6 Å². The number of aromatic nitrogens is 2. The van der Waals surface area contributed by atoms with Crippen molar-refractivity contribution in [3.63, 3.8) is 0 Å². The van der Waals surface area contributed by atoms with Crippen LogP contribution in [-0.4, -0.2) is 39.6 Å². The molecule has 154 valence electrons. The molecule has 1 aliphatic rings. The zero-order valence-electron chi connectivity index (χ0n) is 16.9. The molecule has 0 bridgehead atoms. The number of rotatable bonds is 6. The Morgan fingerprint density at radius 3 is 2.10 bits per heavy atom. The van der Waals surface area contributed by atoms with Crippen LogP contribution in [0.5, 0.6) is 0 Å². The lowest BCUT2D eigenvalue weighted by Gasteiger charge is -2.38. The van der Waals surface area contributed by atoms with Gasteiger partial charge in [-0.15, -0.1) is 0 Å². The lowest BCUT2D eigenvalue weighted by atomic mass is 9.84. The number of hydrogen-bond donors (Lipinski definition) is 1. The Labute approximate surface area is 182 Å². The highest BCUT2D eigenvalue weighted by atomic mass is 35.5. The van der Waals surface area contributed by atoms with Crippen molar-refractivity contribution in [2.45, 2.75) is 24.9 Å². The van der Waals surface area contributed by atoms with Crippen LogP contribution in [0.3, 0.4) is 0 Å². The van der Waals surface area contributed by atoms with E-state index in [0.717, 1.165) is 61.2 Å². The normalized spacial score (nSPS) is 16.2. The van der Waals surface area contributed by atoms with Gasteiger partial charge >= 0.3 is 0 Å². The van der Waals surface area contributed by atoms with E-state index in [2.05, 4.69) is 33.1 Å². The van der Waals surface area contributed by atoms with Gasteiger partial charge in [0.1, 0.15) is 0 Å². The minimum Gasteiger partial charge on any atom is -0.385 e. The Kier molecular flexibility index (Phi) is 6.58. The highest BCUT2D eigenvalue weighted by Crippen LogP contribution is 2.33. The van der Waals surface area contributed by atoms with Crippen LogP contribution in [0.1, 0.15) is 36.0 Å². The molecule has 0 spiro atoms. The molecule has 0 unspecified atom stereocenters. The van der Waals surface area contributed by atoms with E-state index in [9.17, 15) is 5.11 Å². The van der Waals surface area contributed by atoms with E-state index in [1.54, 1.807) is 12.4 Å². The largest absolute Gasteiger partial charge is 0.385 e. The Hall–Kier alpha value is -2.53. The molecule has 0 atom stereocenters. The minimum absolute atomic E-state index is 0.699. The van der Waals surface area contributed by atoms with E-state index in [1.165, 1.54) is 0 Å². The molecule has 3 heterocycles. The lowest BCUT2D eigenvalue weighted by molar-refractivity contribution is -0.0254. The molecule has 4 rings (SSSR count). The van der Waals surface area contributed by atoms with E-state index in [1.807, 2.05) is 48.8 Å². The van der Waals surface area contributed by atoms with Crippen molar-refractivity contribution in [1.29, 1.82) is 0 Å². The van der Waals surface area contributed by atoms with Crippen molar-refractivity contribution in [2.75, 3.05) is 19.6 Å². The van der Waals surface area contributed by atoms with Crippen LogP contribution in [0.2, 0.25) is 5.02 Å². The first-order valence-corrected chi connectivity index (χ1v) is 10.7. The van der Waals surface area contributed by atoms with Gasteiger partial charge in [0.2, 0.25) is 0 Å². The van der Waals surface area contributed by atoms with Crippen LogP contribution in [0, 0.1) is 0 Å². The first-order valence-electron chi connectivity index (χ1n) is 10.4. The molecular formula is C25H26ClN3O. The summed E-state index contributed by atoms with van der Waals surface area (Å²) in [6.07, 6.45) is 12.0. The van der Waals surface area contributed by atoms with Crippen molar-refractivity contribution in [3.8, 4) is 0 Å². The SMILES string of the molecule is OC1(c2ccc(Cl)cc2)CCN(CCC=C(c2cccnc2)c2cccnc2)CC1. The number of aliphatic hydroxyl groups is 1. The van der Waals surface area contributed by atoms with E-state index in [0.29, 0.717) is 5.02 Å². The van der Waals surface area contributed by atoms with Crippen molar-refractivity contribution < 1.29 is 5.11 Å². The van der Waals surface area contributed by atoms with Gasteiger partial charge in [-0.2, -0.15) is 0 Å². The van der Waals surface area contributed by atoms with Crippen LogP contribution in [0.25, 0.3) is 5.57 Å². The Bertz CT molecular complexity index is 925. The highest BCUT2D eigenvalue weighted by molar-refractivity contribution is 6.30. The van der Waals surface area contributed by atoms with Crippen molar-refractivity contribution in [3.05, 3.63) is 101 Å². The second kappa shape index (κ2) is 9.52. The molecule has 0 saturated carbocycles. The van der Waals surface area contributed by atoms with Crippen LogP contribution in [0.4, 0.5) is 0 Å². The van der Waals surface area contributed by atoms with E-state index in [-0.39, 0.29) is 0 Å². The Balaban J connectivity index is 1.39. The topological polar surface area (TPSA) is 49.2 Å². The van der Waals surface area contributed by atoms with Gasteiger partial charge in [0, 0.05) is 60.6 Å². The molecule has 1 aliphatic heterocycles. The average molecular weight is 420 g/mol. The van der Waals surface area contributed by atoms with Crippen LogP contribution in [-0.2, 0) is 5.60 Å². The smallest absolute Gasteiger partial charge is 0.0920 e. The Morgan fingerprint density at radius 1 is 0.967 bits per heavy atom. The quantitative estimate of drug-likeness (QED) is 0.615. The van der Waals surface area contributed by atoms with Crippen molar-refractivity contribution >= 4 is 17.2 Å². The summed E-state index contributed by atoms with van der Waals surface area (Å²) < 4.78 is 0. The van der Waals surface area contributed by atoms with Gasteiger partial charge in [-0.1, -0.05) is 41.9 Å². The van der Waals surface area contributed by atoms with Gasteiger partial charge in [-0.3, -0.25) is 9.97 Å². The van der Waals surface area contributed by atoms with Gasteiger partial charge in [0.05, 0.1) is 5.60 Å². The summed E-state index contributed by atoms with van der Waals surface area (Å²) in [5.74, 6) is 0. The first-order chi connectivity index (χ1) is 14.6. The predicted octanol–water partition coefficient (Wildman–Crippen LogP) is 4.94. The summed E-state index contributed by atoms with van der Waals surface area (Å²) in [5.41, 5.74) is 3.56. The fourth-order valence-electron chi connectivity index (χ4n) is 4.03. The van der Waals surface area contributed by atoms with Crippen LogP contribution >= 0.6 is 11.6 Å². The molecule has 1 aromatic carbocycles. The molecule has 1 N–H and O–H groups in total. The molecule has 5 heteroatoms. The monoisotopic (exact) mass is 419 g/mol. The van der Waals surface area contributed by atoms with E-state index < -0.39 is 5.60 Å². The number of pyridine rings is 2. The molecule has 0 radical (unpaired) electrons. The van der Waals surface area contributed by atoms with Gasteiger partial charge in [-0.25, -0.2) is 0 Å². The number of likely N-dealkylation sites (tertiary alicyclic amines) is 1. The molecule has 1 saturated heterocycles. The van der Waals surface area contributed by atoms with Gasteiger partial charge in [0.15, 0.2) is 0 Å². The maximum absolute atomic E-state index is 11.1. The standard InChI is InChI=1S/C25H26ClN3O/c26-23-9-7-22(8-10-23)25(30)11-16-29(17-12-25)15-3-6-24(20-4-1-13-27-18-20)21-5-2-14-28-19-21/h1-2,4-10,13-14,18-19,30H,3,11-12,15-17H2. The molecule has 30 heavy (non-hydrogen) atoms. The molecule has 2 aromatic heterocycles. The second-order valence-electron chi connectivity index (χ2n) is 7.77. The lowest BCUT2D eigenvalue weighted by Crippen LogP contribution is -2.42. The highest BCUT2D eigenvalue weighted by Gasteiger charge is 2.33. The summed E-state index contributed by atoms with van der Waals surface area (Å²) in [6, 6.07) is 15.7. The molecule has 0 aliphatic carbocycles. The summed E-state index contributed by atoms with van der Waals surface area (Å²) in [4.78, 5) is 11.0.